The first-order valence-electron chi connectivity index (χ1n) is 6.31. The Bertz CT molecular complexity index is 453. The molecule has 1 aromatic rings. The smallest absolute Gasteiger partial charge is 0.253 e. The van der Waals surface area contributed by atoms with E-state index in [4.69, 9.17) is 10.8 Å². The number of rotatable bonds is 5. The molecule has 1 fully saturated rings. The molecule has 0 heterocycles. The molecule has 4 N–H and O–H groups in total. The van der Waals surface area contributed by atoms with Crippen molar-refractivity contribution in [2.75, 3.05) is 18.9 Å². The summed E-state index contributed by atoms with van der Waals surface area (Å²) in [4.78, 5) is 12.0. The zero-order chi connectivity index (χ0) is 13.2. The van der Waals surface area contributed by atoms with E-state index >= 15 is 0 Å². The van der Waals surface area contributed by atoms with Crippen molar-refractivity contribution in [3.63, 3.8) is 0 Å². The predicted molar refractivity (Wildman–Crippen MR) is 71.3 cm³/mol. The lowest BCUT2D eigenvalue weighted by Gasteiger charge is -2.15. The summed E-state index contributed by atoms with van der Waals surface area (Å²) in [5.74, 6) is -0.125. The molecule has 4 heteroatoms. The van der Waals surface area contributed by atoms with E-state index in [0.29, 0.717) is 17.8 Å². The minimum atomic E-state index is -0.125. The van der Waals surface area contributed by atoms with Gasteiger partial charge in [-0.3, -0.25) is 4.79 Å². The Balaban J connectivity index is 1.98. The zero-order valence-electron chi connectivity index (χ0n) is 10.7. The van der Waals surface area contributed by atoms with Crippen molar-refractivity contribution < 1.29 is 9.90 Å². The van der Waals surface area contributed by atoms with Gasteiger partial charge in [-0.2, -0.15) is 0 Å². The second-order valence-corrected chi connectivity index (χ2v) is 5.25. The molecule has 0 aromatic heterocycles. The van der Waals surface area contributed by atoms with Crippen LogP contribution in [-0.2, 0) is 0 Å². The molecule has 0 radical (unpaired) electrons. The van der Waals surface area contributed by atoms with Gasteiger partial charge in [0.15, 0.2) is 0 Å². The van der Waals surface area contributed by atoms with Gasteiger partial charge in [-0.25, -0.2) is 0 Å². The first-order chi connectivity index (χ1) is 8.56. The Morgan fingerprint density at radius 2 is 2.22 bits per heavy atom. The number of carbonyl (C=O) groups excluding carboxylic acids is 1. The number of nitrogens with one attached hydrogen (secondary N) is 1. The van der Waals surface area contributed by atoms with Gasteiger partial charge in [-0.1, -0.05) is 11.6 Å². The summed E-state index contributed by atoms with van der Waals surface area (Å²) in [5, 5.41) is 11.9. The van der Waals surface area contributed by atoms with E-state index in [0.717, 1.165) is 24.8 Å². The summed E-state index contributed by atoms with van der Waals surface area (Å²) in [7, 11) is 0. The number of nitrogen functional groups attached to an aromatic ring is 1. The number of carbonyl (C=O) groups is 1. The number of anilines is 1. The van der Waals surface area contributed by atoms with E-state index in [-0.39, 0.29) is 17.9 Å². The SMILES string of the molecule is Cc1ccc(N)c(C(=O)NCC2(CCO)CC2)c1. The maximum atomic E-state index is 12.0. The molecule has 4 nitrogen and oxygen atoms in total. The van der Waals surface area contributed by atoms with Crippen molar-refractivity contribution in [1.29, 1.82) is 0 Å². The van der Waals surface area contributed by atoms with Gasteiger partial charge in [0.2, 0.25) is 0 Å². The molecule has 1 amide bonds. The van der Waals surface area contributed by atoms with Crippen molar-refractivity contribution in [3.05, 3.63) is 29.3 Å². The maximum absolute atomic E-state index is 12.0. The molecule has 1 saturated carbocycles. The van der Waals surface area contributed by atoms with Crippen LogP contribution in [0.2, 0.25) is 0 Å². The van der Waals surface area contributed by atoms with Crippen LogP contribution in [0.1, 0.15) is 35.2 Å². The molecule has 2 rings (SSSR count). The molecule has 0 unspecified atom stereocenters. The third-order valence-corrected chi connectivity index (χ3v) is 3.68. The third kappa shape index (κ3) is 2.82. The highest BCUT2D eigenvalue weighted by Gasteiger charge is 2.41. The maximum Gasteiger partial charge on any atom is 0.253 e. The van der Waals surface area contributed by atoms with E-state index < -0.39 is 0 Å². The van der Waals surface area contributed by atoms with Crippen LogP contribution in [0, 0.1) is 12.3 Å². The molecular formula is C14H20N2O2. The standard InChI is InChI=1S/C14H20N2O2/c1-10-2-3-12(15)11(8-10)13(18)16-9-14(4-5-14)6-7-17/h2-3,8,17H,4-7,9,15H2,1H3,(H,16,18). The summed E-state index contributed by atoms with van der Waals surface area (Å²) in [6, 6.07) is 5.45. The van der Waals surface area contributed by atoms with Crippen LogP contribution in [0.5, 0.6) is 0 Å². The van der Waals surface area contributed by atoms with Crippen LogP contribution in [0.15, 0.2) is 18.2 Å². The van der Waals surface area contributed by atoms with Crippen LogP contribution in [0.4, 0.5) is 5.69 Å². The summed E-state index contributed by atoms with van der Waals surface area (Å²) >= 11 is 0. The molecule has 98 valence electrons. The number of aliphatic hydroxyl groups is 1. The Labute approximate surface area is 107 Å². The minimum absolute atomic E-state index is 0.125. The van der Waals surface area contributed by atoms with Gasteiger partial charge >= 0.3 is 0 Å². The molecular weight excluding hydrogens is 228 g/mol. The van der Waals surface area contributed by atoms with E-state index in [1.54, 1.807) is 12.1 Å². The fraction of sp³-hybridized carbons (Fsp3) is 0.500. The highest BCUT2D eigenvalue weighted by Crippen LogP contribution is 2.47. The van der Waals surface area contributed by atoms with Gasteiger partial charge in [0.1, 0.15) is 0 Å². The third-order valence-electron chi connectivity index (χ3n) is 3.68. The van der Waals surface area contributed by atoms with Gasteiger partial charge in [0, 0.05) is 18.8 Å². The lowest BCUT2D eigenvalue weighted by atomic mass is 10.0. The zero-order valence-corrected chi connectivity index (χ0v) is 10.7. The summed E-state index contributed by atoms with van der Waals surface area (Å²) in [6.45, 7) is 2.74. The van der Waals surface area contributed by atoms with Crippen molar-refractivity contribution in [2.24, 2.45) is 5.41 Å². The molecule has 18 heavy (non-hydrogen) atoms. The van der Waals surface area contributed by atoms with Crippen molar-refractivity contribution in [3.8, 4) is 0 Å². The summed E-state index contributed by atoms with van der Waals surface area (Å²) in [5.41, 5.74) is 7.99. The molecule has 1 aliphatic rings. The quantitative estimate of drug-likeness (QED) is 0.691. The Morgan fingerprint density at radius 1 is 1.50 bits per heavy atom. The number of hydrogen-bond acceptors (Lipinski definition) is 3. The molecule has 0 saturated heterocycles. The second kappa shape index (κ2) is 4.98. The highest BCUT2D eigenvalue weighted by atomic mass is 16.3. The van der Waals surface area contributed by atoms with Gasteiger partial charge in [-0.15, -0.1) is 0 Å². The van der Waals surface area contributed by atoms with Gasteiger partial charge in [-0.05, 0) is 43.7 Å². The topological polar surface area (TPSA) is 75.4 Å². The minimum Gasteiger partial charge on any atom is -0.398 e. The number of amides is 1. The molecule has 0 bridgehead atoms. The first kappa shape index (κ1) is 12.9. The molecule has 0 atom stereocenters. The lowest BCUT2D eigenvalue weighted by Crippen LogP contribution is -2.31. The van der Waals surface area contributed by atoms with Crippen LogP contribution in [0.25, 0.3) is 0 Å². The molecule has 1 aromatic carbocycles. The number of aliphatic hydroxyl groups excluding tert-OH is 1. The summed E-state index contributed by atoms with van der Waals surface area (Å²) in [6.07, 6.45) is 2.92. The average Bonchev–Trinajstić information content (AvgIpc) is 3.10. The second-order valence-electron chi connectivity index (χ2n) is 5.25. The van der Waals surface area contributed by atoms with E-state index in [2.05, 4.69) is 5.32 Å². The van der Waals surface area contributed by atoms with Crippen LogP contribution >= 0.6 is 0 Å². The Hall–Kier alpha value is -1.55. The highest BCUT2D eigenvalue weighted by molar-refractivity contribution is 5.99. The predicted octanol–water partition coefficient (Wildman–Crippen LogP) is 1.47. The number of nitrogens with two attached hydrogens (primary N) is 1. The monoisotopic (exact) mass is 248 g/mol. The first-order valence-corrected chi connectivity index (χ1v) is 6.31. The van der Waals surface area contributed by atoms with E-state index in [1.807, 2.05) is 13.0 Å². The normalized spacial score (nSPS) is 16.3. The average molecular weight is 248 g/mol. The van der Waals surface area contributed by atoms with E-state index in [1.165, 1.54) is 0 Å². The Morgan fingerprint density at radius 3 is 2.83 bits per heavy atom. The van der Waals surface area contributed by atoms with Gasteiger partial charge in [0.25, 0.3) is 5.91 Å². The fourth-order valence-electron chi connectivity index (χ4n) is 2.16. The summed E-state index contributed by atoms with van der Waals surface area (Å²) < 4.78 is 0. The number of aryl methyl sites for hydroxylation is 1. The van der Waals surface area contributed by atoms with Crippen LogP contribution in [-0.4, -0.2) is 24.2 Å². The Kier molecular flexibility index (Phi) is 3.57. The molecule has 1 aliphatic carbocycles. The van der Waals surface area contributed by atoms with Crippen LogP contribution in [0.3, 0.4) is 0 Å². The lowest BCUT2D eigenvalue weighted by molar-refractivity contribution is 0.0941. The van der Waals surface area contributed by atoms with Gasteiger partial charge < -0.3 is 16.2 Å². The molecule has 0 aliphatic heterocycles. The van der Waals surface area contributed by atoms with Crippen molar-refractivity contribution in [2.45, 2.75) is 26.2 Å². The number of benzene rings is 1. The fourth-order valence-corrected chi connectivity index (χ4v) is 2.16. The van der Waals surface area contributed by atoms with E-state index in [9.17, 15) is 4.79 Å². The van der Waals surface area contributed by atoms with Crippen LogP contribution < -0.4 is 11.1 Å². The largest absolute Gasteiger partial charge is 0.398 e. The van der Waals surface area contributed by atoms with Crippen molar-refractivity contribution >= 4 is 11.6 Å². The molecule has 0 spiro atoms. The van der Waals surface area contributed by atoms with Gasteiger partial charge in [0.05, 0.1) is 5.56 Å². The van der Waals surface area contributed by atoms with Crippen molar-refractivity contribution in [1.82, 2.24) is 5.32 Å². The number of hydrogen-bond donors (Lipinski definition) is 3.